The van der Waals surface area contributed by atoms with Crippen molar-refractivity contribution >= 4 is 17.6 Å². The fourth-order valence-electron chi connectivity index (χ4n) is 1.66. The average molecular weight is 257 g/mol. The van der Waals surface area contributed by atoms with Gasteiger partial charge in [0.25, 0.3) is 0 Å². The summed E-state index contributed by atoms with van der Waals surface area (Å²) in [6, 6.07) is 7.77. The number of carbonyl (C=O) groups is 1. The molecule has 2 aromatic rings. The van der Waals surface area contributed by atoms with Gasteiger partial charge < -0.3 is 5.11 Å². The van der Waals surface area contributed by atoms with Crippen molar-refractivity contribution in [1.29, 1.82) is 0 Å². The van der Waals surface area contributed by atoms with Gasteiger partial charge in [0, 0.05) is 12.4 Å². The third-order valence-electron chi connectivity index (χ3n) is 2.73. The van der Waals surface area contributed by atoms with Crippen LogP contribution in [0.2, 0.25) is 0 Å². The van der Waals surface area contributed by atoms with E-state index in [0.717, 1.165) is 0 Å². The van der Waals surface area contributed by atoms with Crippen LogP contribution in [0.3, 0.4) is 0 Å². The smallest absolute Gasteiger partial charge is 0.336 e. The second-order valence-corrected chi connectivity index (χ2v) is 4.11. The van der Waals surface area contributed by atoms with E-state index >= 15 is 0 Å². The van der Waals surface area contributed by atoms with Crippen LogP contribution in [0.5, 0.6) is 0 Å². The third-order valence-corrected chi connectivity index (χ3v) is 2.73. The van der Waals surface area contributed by atoms with Gasteiger partial charge >= 0.3 is 5.97 Å². The summed E-state index contributed by atoms with van der Waals surface area (Å²) in [6.07, 6.45) is 4.64. The number of rotatable bonds is 3. The number of carboxylic acids is 1. The van der Waals surface area contributed by atoms with Crippen LogP contribution in [0.15, 0.2) is 42.7 Å². The molecular weight excluding hydrogens is 245 g/mol. The first-order valence-electron chi connectivity index (χ1n) is 5.69. The highest BCUT2D eigenvalue weighted by Gasteiger charge is 2.12. The minimum absolute atomic E-state index is 0.0464. The van der Waals surface area contributed by atoms with Crippen LogP contribution in [-0.4, -0.2) is 16.1 Å². The molecule has 1 heterocycles. The molecule has 0 saturated carbocycles. The van der Waals surface area contributed by atoms with Gasteiger partial charge in [-0.15, -0.1) is 0 Å². The van der Waals surface area contributed by atoms with Crippen LogP contribution >= 0.6 is 0 Å². The topological polar surface area (TPSA) is 50.2 Å². The van der Waals surface area contributed by atoms with Crippen molar-refractivity contribution in [3.05, 3.63) is 65.2 Å². The van der Waals surface area contributed by atoms with Gasteiger partial charge in [-0.3, -0.25) is 4.98 Å². The van der Waals surface area contributed by atoms with E-state index in [0.29, 0.717) is 16.7 Å². The van der Waals surface area contributed by atoms with E-state index in [-0.39, 0.29) is 5.57 Å². The maximum absolute atomic E-state index is 13.5. The van der Waals surface area contributed by atoms with Crippen molar-refractivity contribution < 1.29 is 14.3 Å². The molecule has 0 spiro atoms. The van der Waals surface area contributed by atoms with Gasteiger partial charge in [-0.25, -0.2) is 9.18 Å². The Hall–Kier alpha value is -2.49. The zero-order valence-electron chi connectivity index (χ0n) is 10.3. The Morgan fingerprint density at radius 2 is 1.95 bits per heavy atom. The number of nitrogens with zero attached hydrogens (tertiary/aromatic N) is 1. The first kappa shape index (κ1) is 13.0. The molecular formula is C15H12FNO2. The van der Waals surface area contributed by atoms with Crippen LogP contribution in [0.25, 0.3) is 11.6 Å². The number of pyridine rings is 1. The number of aliphatic carboxylic acids is 1. The minimum Gasteiger partial charge on any atom is -0.478 e. The Labute approximate surface area is 110 Å². The SMILES string of the molecule is Cc1ccc(/C(=C/c2ccncc2)C(=O)O)cc1F. The number of carboxylic acid groups (broad SMARTS) is 1. The summed E-state index contributed by atoms with van der Waals surface area (Å²) >= 11 is 0. The normalized spacial score (nSPS) is 11.4. The molecule has 19 heavy (non-hydrogen) atoms. The second kappa shape index (κ2) is 5.44. The molecule has 0 amide bonds. The summed E-state index contributed by atoms with van der Waals surface area (Å²) in [5, 5.41) is 9.24. The lowest BCUT2D eigenvalue weighted by Gasteiger charge is -2.05. The number of aryl methyl sites for hydroxylation is 1. The van der Waals surface area contributed by atoms with Crippen molar-refractivity contribution in [3.63, 3.8) is 0 Å². The predicted molar refractivity (Wildman–Crippen MR) is 70.9 cm³/mol. The minimum atomic E-state index is -1.10. The van der Waals surface area contributed by atoms with E-state index in [4.69, 9.17) is 0 Å². The van der Waals surface area contributed by atoms with Crippen molar-refractivity contribution in [3.8, 4) is 0 Å². The fourth-order valence-corrected chi connectivity index (χ4v) is 1.66. The summed E-state index contributed by atoms with van der Waals surface area (Å²) in [6.45, 7) is 1.63. The molecule has 0 unspecified atom stereocenters. The van der Waals surface area contributed by atoms with Gasteiger partial charge in [-0.1, -0.05) is 12.1 Å². The van der Waals surface area contributed by atoms with Gasteiger partial charge in [0.15, 0.2) is 0 Å². The number of aromatic nitrogens is 1. The first-order valence-corrected chi connectivity index (χ1v) is 5.69. The fraction of sp³-hybridized carbons (Fsp3) is 0.0667. The van der Waals surface area contributed by atoms with Crippen molar-refractivity contribution in [1.82, 2.24) is 4.98 Å². The largest absolute Gasteiger partial charge is 0.478 e. The maximum atomic E-state index is 13.5. The molecule has 1 N–H and O–H groups in total. The molecule has 2 rings (SSSR count). The molecule has 0 aliphatic carbocycles. The quantitative estimate of drug-likeness (QED) is 0.859. The maximum Gasteiger partial charge on any atom is 0.336 e. The number of hydrogen-bond donors (Lipinski definition) is 1. The molecule has 1 aromatic carbocycles. The van der Waals surface area contributed by atoms with Gasteiger partial charge in [-0.2, -0.15) is 0 Å². The monoisotopic (exact) mass is 257 g/mol. The van der Waals surface area contributed by atoms with E-state index < -0.39 is 11.8 Å². The molecule has 0 saturated heterocycles. The third kappa shape index (κ3) is 3.04. The van der Waals surface area contributed by atoms with Crippen LogP contribution in [-0.2, 0) is 4.79 Å². The van der Waals surface area contributed by atoms with Crippen LogP contribution in [0.1, 0.15) is 16.7 Å². The molecule has 0 fully saturated rings. The number of benzene rings is 1. The lowest BCUT2D eigenvalue weighted by molar-refractivity contribution is -0.130. The van der Waals surface area contributed by atoms with Crippen LogP contribution in [0, 0.1) is 12.7 Å². The average Bonchev–Trinajstić information content (AvgIpc) is 2.40. The van der Waals surface area contributed by atoms with E-state index in [1.165, 1.54) is 12.1 Å². The highest BCUT2D eigenvalue weighted by molar-refractivity contribution is 6.20. The van der Waals surface area contributed by atoms with Crippen molar-refractivity contribution in [2.75, 3.05) is 0 Å². The molecule has 0 radical (unpaired) electrons. The Morgan fingerprint density at radius 3 is 2.53 bits per heavy atom. The summed E-state index contributed by atoms with van der Waals surface area (Å²) in [7, 11) is 0. The molecule has 0 bridgehead atoms. The first-order chi connectivity index (χ1) is 9.08. The number of hydrogen-bond acceptors (Lipinski definition) is 2. The van der Waals surface area contributed by atoms with Crippen LogP contribution in [0.4, 0.5) is 4.39 Å². The van der Waals surface area contributed by atoms with E-state index in [1.807, 2.05) is 0 Å². The lowest BCUT2D eigenvalue weighted by atomic mass is 10.0. The second-order valence-electron chi connectivity index (χ2n) is 4.11. The highest BCUT2D eigenvalue weighted by atomic mass is 19.1. The van der Waals surface area contributed by atoms with Crippen molar-refractivity contribution in [2.24, 2.45) is 0 Å². The predicted octanol–water partition coefficient (Wildman–Crippen LogP) is 3.15. The van der Waals surface area contributed by atoms with E-state index in [2.05, 4.69) is 4.98 Å². The van der Waals surface area contributed by atoms with E-state index in [1.54, 1.807) is 43.6 Å². The standard InChI is InChI=1S/C15H12FNO2/c1-10-2-3-12(9-14(10)16)13(15(18)19)8-11-4-6-17-7-5-11/h2-9H,1H3,(H,18,19)/b13-8-. The Kier molecular flexibility index (Phi) is 3.71. The van der Waals surface area contributed by atoms with Gasteiger partial charge in [0.1, 0.15) is 5.82 Å². The molecule has 1 aromatic heterocycles. The molecule has 0 aliphatic heterocycles. The zero-order chi connectivity index (χ0) is 13.8. The van der Waals surface area contributed by atoms with Gasteiger partial charge in [0.2, 0.25) is 0 Å². The molecule has 3 nitrogen and oxygen atoms in total. The molecule has 0 atom stereocenters. The van der Waals surface area contributed by atoms with Gasteiger partial charge in [0.05, 0.1) is 5.57 Å². The summed E-state index contributed by atoms with van der Waals surface area (Å²) in [5.41, 5.74) is 1.57. The van der Waals surface area contributed by atoms with Crippen molar-refractivity contribution in [2.45, 2.75) is 6.92 Å². The number of halogens is 1. The lowest BCUT2D eigenvalue weighted by Crippen LogP contribution is -2.00. The van der Waals surface area contributed by atoms with Gasteiger partial charge in [-0.05, 0) is 47.9 Å². The Morgan fingerprint density at radius 1 is 1.26 bits per heavy atom. The summed E-state index contributed by atoms with van der Waals surface area (Å²) in [4.78, 5) is 15.2. The molecule has 0 aliphatic rings. The highest BCUT2D eigenvalue weighted by Crippen LogP contribution is 2.20. The van der Waals surface area contributed by atoms with Crippen LogP contribution < -0.4 is 0 Å². The Balaban J connectivity index is 2.49. The summed E-state index contributed by atoms with van der Waals surface area (Å²) in [5.74, 6) is -1.51. The zero-order valence-corrected chi connectivity index (χ0v) is 10.3. The molecule has 4 heteroatoms. The summed E-state index contributed by atoms with van der Waals surface area (Å²) < 4.78 is 13.5. The Bertz CT molecular complexity index is 636. The molecule has 96 valence electrons. The van der Waals surface area contributed by atoms with E-state index in [9.17, 15) is 14.3 Å².